The van der Waals surface area contributed by atoms with Gasteiger partial charge in [-0.05, 0) is 141 Å². The number of rotatable bonds is 71. The number of phosphoric acid groups is 2. The van der Waals surface area contributed by atoms with E-state index in [4.69, 9.17) is 32.3 Å². The van der Waals surface area contributed by atoms with Crippen LogP contribution < -0.4 is 0 Å². The number of allylic oxidation sites excluding steroid dienone is 20. The molecule has 558 valence electrons. The van der Waals surface area contributed by atoms with Crippen LogP contribution in [-0.2, 0) is 55.8 Å². The summed E-state index contributed by atoms with van der Waals surface area (Å²) < 4.78 is 61.1. The van der Waals surface area contributed by atoms with Gasteiger partial charge in [0.05, 0.1) is 26.4 Å². The molecule has 0 saturated carbocycles. The van der Waals surface area contributed by atoms with Gasteiger partial charge in [-0.25, -0.2) is 9.13 Å². The Labute approximate surface area is 589 Å². The van der Waals surface area contributed by atoms with Crippen LogP contribution in [0, 0.1) is 0 Å². The second kappa shape index (κ2) is 71.8. The molecule has 0 bridgehead atoms. The van der Waals surface area contributed by atoms with Crippen LogP contribution in [0.4, 0.5) is 0 Å². The largest absolute Gasteiger partial charge is 0.472 e. The zero-order valence-electron chi connectivity index (χ0n) is 60.7. The molecule has 0 aliphatic heterocycles. The average Bonchev–Trinajstić information content (AvgIpc) is 1.77. The molecule has 18 heteroatoms. The van der Waals surface area contributed by atoms with Crippen LogP contribution in [0.3, 0.4) is 0 Å². The maximum atomic E-state index is 13.0. The standard InChI is InChI=1S/C79H136O16P2/c1-4-7-10-13-16-19-22-25-28-30-32-34-36-38-40-42-45-47-50-53-56-59-62-65-77(82)89-68-74(80)69-91-96(85,86)92-70-75(81)71-93-97(87,88)94-73-76(95-79(84)67-64-61-58-55-52-49-44-27-24-21-18-15-12-9-6-3)72-90-78(83)66-63-60-57-54-51-48-46-43-41-39-37-35-33-31-29-26-23-20-17-14-11-8-5-2/h16-21,25-29,32-35,38-41,44,74-76,80-81H,4-15,22-24,30-31,36-37,42-43,45-73H2,1-3H3,(H,85,86)(H,87,88)/b19-16-,20-17-,21-18-,28-25-,29-26-,34-32-,35-33-,40-38-,41-39-,44-27-. The predicted octanol–water partition coefficient (Wildman–Crippen LogP) is 21.8. The summed E-state index contributed by atoms with van der Waals surface area (Å²) in [6.45, 7) is 2.56. The van der Waals surface area contributed by atoms with Crippen molar-refractivity contribution >= 4 is 33.6 Å². The summed E-state index contributed by atoms with van der Waals surface area (Å²) >= 11 is 0. The summed E-state index contributed by atoms with van der Waals surface area (Å²) in [7, 11) is -9.80. The monoisotopic (exact) mass is 1400 g/mol. The van der Waals surface area contributed by atoms with Gasteiger partial charge in [0.1, 0.15) is 25.4 Å². The van der Waals surface area contributed by atoms with Crippen molar-refractivity contribution in [3.05, 3.63) is 122 Å². The smallest absolute Gasteiger partial charge is 0.463 e. The zero-order chi connectivity index (χ0) is 70.9. The molecule has 0 saturated heterocycles. The van der Waals surface area contributed by atoms with E-state index in [1.165, 1.54) is 70.6 Å². The first-order valence-corrected chi connectivity index (χ1v) is 40.8. The molecule has 4 N–H and O–H groups in total. The zero-order valence-corrected chi connectivity index (χ0v) is 62.5. The number of carbonyl (C=O) groups excluding carboxylic acids is 3. The molecule has 0 aromatic carbocycles. The van der Waals surface area contributed by atoms with Gasteiger partial charge in [0.2, 0.25) is 0 Å². The highest BCUT2D eigenvalue weighted by Gasteiger charge is 2.29. The lowest BCUT2D eigenvalue weighted by Crippen LogP contribution is -2.30. The lowest BCUT2D eigenvalue weighted by molar-refractivity contribution is -0.161. The van der Waals surface area contributed by atoms with Crippen LogP contribution in [0.15, 0.2) is 122 Å². The van der Waals surface area contributed by atoms with Crippen molar-refractivity contribution in [3.63, 3.8) is 0 Å². The molecule has 0 amide bonds. The summed E-state index contributed by atoms with van der Waals surface area (Å²) in [4.78, 5) is 58.6. The van der Waals surface area contributed by atoms with Gasteiger partial charge in [0, 0.05) is 19.3 Å². The van der Waals surface area contributed by atoms with Gasteiger partial charge in [0.25, 0.3) is 0 Å². The van der Waals surface area contributed by atoms with Crippen molar-refractivity contribution in [1.82, 2.24) is 0 Å². The van der Waals surface area contributed by atoms with Crippen LogP contribution >= 0.6 is 15.6 Å². The van der Waals surface area contributed by atoms with E-state index in [0.29, 0.717) is 19.3 Å². The predicted molar refractivity (Wildman–Crippen MR) is 399 cm³/mol. The van der Waals surface area contributed by atoms with E-state index >= 15 is 0 Å². The van der Waals surface area contributed by atoms with Crippen LogP contribution in [0.25, 0.3) is 0 Å². The van der Waals surface area contributed by atoms with Crippen molar-refractivity contribution in [2.24, 2.45) is 0 Å². The van der Waals surface area contributed by atoms with Crippen molar-refractivity contribution < 1.29 is 75.8 Å². The maximum absolute atomic E-state index is 13.0. The minimum absolute atomic E-state index is 0.0833. The van der Waals surface area contributed by atoms with Gasteiger partial charge in [-0.1, -0.05) is 264 Å². The molecule has 0 fully saturated rings. The minimum atomic E-state index is -4.94. The number of aliphatic hydroxyl groups excluding tert-OH is 2. The summed E-state index contributed by atoms with van der Waals surface area (Å²) in [6, 6.07) is 0. The van der Waals surface area contributed by atoms with Crippen molar-refractivity contribution in [3.8, 4) is 0 Å². The Kier molecular flexibility index (Phi) is 68.8. The summed E-state index contributed by atoms with van der Waals surface area (Å²) in [5, 5.41) is 20.6. The molecule has 5 unspecified atom stereocenters. The number of carbonyl (C=O) groups is 3. The molecular weight excluding hydrogens is 1270 g/mol. The molecule has 0 aromatic heterocycles. The van der Waals surface area contributed by atoms with E-state index < -0.39 is 91.5 Å². The van der Waals surface area contributed by atoms with Gasteiger partial charge in [-0.3, -0.25) is 32.5 Å². The van der Waals surface area contributed by atoms with Gasteiger partial charge in [-0.15, -0.1) is 0 Å². The number of hydrogen-bond donors (Lipinski definition) is 4. The third-order valence-corrected chi connectivity index (χ3v) is 17.5. The summed E-state index contributed by atoms with van der Waals surface area (Å²) in [5.74, 6) is -1.61. The van der Waals surface area contributed by atoms with E-state index in [0.717, 1.165) is 173 Å². The van der Waals surface area contributed by atoms with E-state index in [1.54, 1.807) is 0 Å². The Balaban J connectivity index is 4.66. The normalized spacial score (nSPS) is 14.8. The lowest BCUT2D eigenvalue weighted by Gasteiger charge is -2.21. The SMILES string of the molecule is CCCCC/C=C\C/C=C\C/C=C\C/C=C\CCCCCCCCCC(=O)OCC(O)COP(=O)(O)OCC(O)COP(=O)(O)OCC(COC(=O)CCCCCCCCC/C=C\C/C=C\C/C=C\C/C=C\CCCCC)OC(=O)CCCCCCC/C=C\C/C=C\CCCCC. The lowest BCUT2D eigenvalue weighted by atomic mass is 10.1. The molecule has 0 aliphatic rings. The fourth-order valence-electron chi connectivity index (χ4n) is 9.80. The number of ether oxygens (including phenoxy) is 3. The van der Waals surface area contributed by atoms with Crippen LogP contribution in [0.1, 0.15) is 303 Å². The molecule has 0 spiro atoms. The summed E-state index contributed by atoms with van der Waals surface area (Å²) in [6.07, 6.45) is 83.7. The third-order valence-electron chi connectivity index (χ3n) is 15.6. The molecule has 0 aliphatic carbocycles. The van der Waals surface area contributed by atoms with Crippen molar-refractivity contribution in [2.75, 3.05) is 39.6 Å². The Hall–Kier alpha value is -4.05. The summed E-state index contributed by atoms with van der Waals surface area (Å²) in [5.41, 5.74) is 0. The topological polar surface area (TPSA) is 231 Å². The Morgan fingerprint density at radius 2 is 0.515 bits per heavy atom. The molecular formula is C79H136O16P2. The molecule has 0 radical (unpaired) electrons. The van der Waals surface area contributed by atoms with Crippen LogP contribution in [-0.4, -0.2) is 95.9 Å². The Morgan fingerprint density at radius 3 is 0.814 bits per heavy atom. The van der Waals surface area contributed by atoms with Crippen LogP contribution in [0.2, 0.25) is 0 Å². The first kappa shape index (κ1) is 93.0. The van der Waals surface area contributed by atoms with E-state index in [1.807, 2.05) is 0 Å². The van der Waals surface area contributed by atoms with E-state index in [2.05, 4.69) is 142 Å². The van der Waals surface area contributed by atoms with Crippen molar-refractivity contribution in [2.45, 2.75) is 322 Å². The molecule has 0 aromatic rings. The number of unbranched alkanes of at least 4 members (excludes halogenated alkanes) is 28. The number of phosphoric ester groups is 2. The van der Waals surface area contributed by atoms with Gasteiger partial charge in [-0.2, -0.15) is 0 Å². The molecule has 5 atom stereocenters. The maximum Gasteiger partial charge on any atom is 0.472 e. The highest BCUT2D eigenvalue weighted by molar-refractivity contribution is 7.47. The molecule has 97 heavy (non-hydrogen) atoms. The number of aliphatic hydroxyl groups is 2. The van der Waals surface area contributed by atoms with E-state index in [9.17, 15) is 43.5 Å². The van der Waals surface area contributed by atoms with Gasteiger partial charge in [0.15, 0.2) is 6.10 Å². The van der Waals surface area contributed by atoms with Crippen LogP contribution in [0.5, 0.6) is 0 Å². The molecule has 16 nitrogen and oxygen atoms in total. The first-order chi connectivity index (χ1) is 47.2. The van der Waals surface area contributed by atoms with Gasteiger partial charge < -0.3 is 34.2 Å². The molecule has 0 heterocycles. The number of esters is 3. The fraction of sp³-hybridized carbons (Fsp3) is 0.709. The second-order valence-electron chi connectivity index (χ2n) is 25.1. The van der Waals surface area contributed by atoms with Gasteiger partial charge >= 0.3 is 33.6 Å². The van der Waals surface area contributed by atoms with Crippen molar-refractivity contribution in [1.29, 1.82) is 0 Å². The highest BCUT2D eigenvalue weighted by atomic mass is 31.2. The quantitative estimate of drug-likeness (QED) is 0.0146. The average molecular weight is 1400 g/mol. The second-order valence-corrected chi connectivity index (χ2v) is 28.0. The van der Waals surface area contributed by atoms with E-state index in [-0.39, 0.29) is 19.3 Å². The number of hydrogen-bond acceptors (Lipinski definition) is 14. The highest BCUT2D eigenvalue weighted by Crippen LogP contribution is 2.45. The molecule has 0 rings (SSSR count). The minimum Gasteiger partial charge on any atom is -0.463 e. The fourth-order valence-corrected chi connectivity index (χ4v) is 11.4. The Morgan fingerprint density at radius 1 is 0.289 bits per heavy atom. The third kappa shape index (κ3) is 73.0. The Bertz CT molecular complexity index is 2250. The first-order valence-electron chi connectivity index (χ1n) is 37.8.